The second-order valence-electron chi connectivity index (χ2n) is 2.34. The summed E-state index contributed by atoms with van der Waals surface area (Å²) in [5.41, 5.74) is 6.06. The molecule has 0 aromatic heterocycles. The lowest BCUT2D eigenvalue weighted by molar-refractivity contribution is 0.473. The summed E-state index contributed by atoms with van der Waals surface area (Å²) in [5.74, 6) is 0.258. The number of rotatable bonds is 2. The molecule has 1 aromatic carbocycles. The zero-order chi connectivity index (χ0) is 8.97. The second-order valence-corrected chi connectivity index (χ2v) is 3.26. The Kier molecular flexibility index (Phi) is 3.31. The number of phenolic OH excluding ortho intramolecular Hbond substituents is 1. The monoisotopic (exact) mass is 227 g/mol. The largest absolute Gasteiger partial charge is 0.507 e. The average molecular weight is 228 g/mol. The fraction of sp³-hybridized carbons (Fsp3) is 0.111. The van der Waals surface area contributed by atoms with Gasteiger partial charge in [0.25, 0.3) is 0 Å². The number of nitrogens with two attached hydrogens (primary N) is 1. The van der Waals surface area contributed by atoms with Crippen LogP contribution in [0.4, 0.5) is 0 Å². The zero-order valence-electron chi connectivity index (χ0n) is 6.50. The molecule has 3 N–H and O–H groups in total. The van der Waals surface area contributed by atoms with Gasteiger partial charge in [0, 0.05) is 16.6 Å². The van der Waals surface area contributed by atoms with Crippen molar-refractivity contribution in [3.63, 3.8) is 0 Å². The minimum Gasteiger partial charge on any atom is -0.507 e. The molecule has 0 spiro atoms. The number of hydrogen-bond acceptors (Lipinski definition) is 2. The van der Waals surface area contributed by atoms with Gasteiger partial charge in [-0.1, -0.05) is 34.1 Å². The molecule has 0 unspecified atom stereocenters. The molecule has 3 heteroatoms. The summed E-state index contributed by atoms with van der Waals surface area (Å²) in [6.45, 7) is 0.482. The molecule has 0 amide bonds. The van der Waals surface area contributed by atoms with Crippen molar-refractivity contribution >= 4 is 22.0 Å². The quantitative estimate of drug-likeness (QED) is 0.814. The third kappa shape index (κ3) is 2.36. The fourth-order valence-electron chi connectivity index (χ4n) is 0.853. The van der Waals surface area contributed by atoms with E-state index in [9.17, 15) is 5.11 Å². The van der Waals surface area contributed by atoms with Crippen molar-refractivity contribution in [2.45, 2.75) is 0 Å². The molecule has 0 aliphatic heterocycles. The van der Waals surface area contributed by atoms with Crippen LogP contribution in [0.25, 0.3) is 6.08 Å². The molecule has 0 aliphatic rings. The topological polar surface area (TPSA) is 46.2 Å². The average Bonchev–Trinajstić information content (AvgIpc) is 2.03. The minimum atomic E-state index is 0.258. The van der Waals surface area contributed by atoms with Crippen LogP contribution < -0.4 is 5.73 Å². The van der Waals surface area contributed by atoms with Crippen LogP contribution in [0.2, 0.25) is 0 Å². The summed E-state index contributed by atoms with van der Waals surface area (Å²) in [5, 5.41) is 9.40. The summed E-state index contributed by atoms with van der Waals surface area (Å²) in [6.07, 6.45) is 3.59. The molecule has 0 fully saturated rings. The summed E-state index contributed by atoms with van der Waals surface area (Å²) < 4.78 is 0.866. The van der Waals surface area contributed by atoms with Gasteiger partial charge in [-0.25, -0.2) is 0 Å². The molecule has 0 saturated carbocycles. The van der Waals surface area contributed by atoms with Crippen molar-refractivity contribution in [2.24, 2.45) is 5.73 Å². The van der Waals surface area contributed by atoms with E-state index >= 15 is 0 Å². The van der Waals surface area contributed by atoms with Gasteiger partial charge in [0.1, 0.15) is 5.75 Å². The Balaban J connectivity index is 2.94. The maximum Gasteiger partial charge on any atom is 0.123 e. The van der Waals surface area contributed by atoms with E-state index in [0.717, 1.165) is 10.0 Å². The van der Waals surface area contributed by atoms with Gasteiger partial charge in [0.05, 0.1) is 0 Å². The van der Waals surface area contributed by atoms with Crippen molar-refractivity contribution in [3.05, 3.63) is 34.3 Å². The lowest BCUT2D eigenvalue weighted by Gasteiger charge is -1.98. The molecule has 0 saturated heterocycles. The van der Waals surface area contributed by atoms with Crippen LogP contribution >= 0.6 is 15.9 Å². The molecular formula is C9H10BrNO. The van der Waals surface area contributed by atoms with Crippen LogP contribution in [0.5, 0.6) is 5.75 Å². The van der Waals surface area contributed by atoms with Gasteiger partial charge in [-0.15, -0.1) is 0 Å². The second kappa shape index (κ2) is 4.28. The Morgan fingerprint density at radius 3 is 2.83 bits per heavy atom. The highest BCUT2D eigenvalue weighted by atomic mass is 79.9. The number of halogens is 1. The maximum absolute atomic E-state index is 9.40. The molecule has 0 aliphatic carbocycles. The van der Waals surface area contributed by atoms with E-state index in [0.29, 0.717) is 6.54 Å². The van der Waals surface area contributed by atoms with Gasteiger partial charge >= 0.3 is 0 Å². The van der Waals surface area contributed by atoms with Crippen molar-refractivity contribution in [3.8, 4) is 5.75 Å². The molecule has 0 atom stereocenters. The third-order valence-electron chi connectivity index (χ3n) is 1.43. The van der Waals surface area contributed by atoms with Crippen molar-refractivity contribution in [2.75, 3.05) is 6.54 Å². The number of aromatic hydroxyl groups is 1. The van der Waals surface area contributed by atoms with Gasteiger partial charge < -0.3 is 10.8 Å². The van der Waals surface area contributed by atoms with E-state index in [-0.39, 0.29) is 5.75 Å². The Morgan fingerprint density at radius 1 is 1.50 bits per heavy atom. The first-order valence-corrected chi connectivity index (χ1v) is 4.38. The van der Waals surface area contributed by atoms with Gasteiger partial charge in [0.15, 0.2) is 0 Å². The smallest absolute Gasteiger partial charge is 0.123 e. The predicted octanol–water partition coefficient (Wildman–Crippen LogP) is 2.13. The van der Waals surface area contributed by atoms with Gasteiger partial charge in [-0.2, -0.15) is 0 Å². The van der Waals surface area contributed by atoms with Crippen LogP contribution in [0, 0.1) is 0 Å². The number of benzene rings is 1. The Bertz CT molecular complexity index is 297. The van der Waals surface area contributed by atoms with E-state index in [1.165, 1.54) is 0 Å². The highest BCUT2D eigenvalue weighted by Gasteiger charge is 1.96. The zero-order valence-corrected chi connectivity index (χ0v) is 8.08. The molecule has 12 heavy (non-hydrogen) atoms. The van der Waals surface area contributed by atoms with E-state index in [1.807, 2.05) is 12.1 Å². The lowest BCUT2D eigenvalue weighted by atomic mass is 10.2. The number of hydrogen-bond donors (Lipinski definition) is 2. The highest BCUT2D eigenvalue weighted by molar-refractivity contribution is 9.10. The molecule has 0 heterocycles. The van der Waals surface area contributed by atoms with Crippen LogP contribution in [-0.2, 0) is 0 Å². The molecular weight excluding hydrogens is 218 g/mol. The van der Waals surface area contributed by atoms with Crippen molar-refractivity contribution in [1.29, 1.82) is 0 Å². The first kappa shape index (κ1) is 9.29. The third-order valence-corrected chi connectivity index (χ3v) is 1.92. The molecule has 1 aromatic rings. The lowest BCUT2D eigenvalue weighted by Crippen LogP contribution is -1.91. The van der Waals surface area contributed by atoms with E-state index < -0.39 is 0 Å². The van der Waals surface area contributed by atoms with Crippen LogP contribution in [0.3, 0.4) is 0 Å². The SMILES string of the molecule is NCC=Cc1ccc(Br)cc1O. The fourth-order valence-corrected chi connectivity index (χ4v) is 1.20. The van der Waals surface area contributed by atoms with Gasteiger partial charge in [0.2, 0.25) is 0 Å². The van der Waals surface area contributed by atoms with Gasteiger partial charge in [-0.3, -0.25) is 0 Å². The van der Waals surface area contributed by atoms with Crippen LogP contribution in [0.1, 0.15) is 5.56 Å². The summed E-state index contributed by atoms with van der Waals surface area (Å²) in [4.78, 5) is 0. The van der Waals surface area contributed by atoms with Crippen LogP contribution in [-0.4, -0.2) is 11.7 Å². The van der Waals surface area contributed by atoms with E-state index in [4.69, 9.17) is 5.73 Å². The van der Waals surface area contributed by atoms with Crippen molar-refractivity contribution < 1.29 is 5.11 Å². The summed E-state index contributed by atoms with van der Waals surface area (Å²) in [7, 11) is 0. The Morgan fingerprint density at radius 2 is 2.25 bits per heavy atom. The van der Waals surface area contributed by atoms with Crippen LogP contribution in [0.15, 0.2) is 28.7 Å². The Labute approximate surface area is 79.8 Å². The number of phenols is 1. The molecule has 64 valence electrons. The first-order valence-electron chi connectivity index (χ1n) is 3.59. The summed E-state index contributed by atoms with van der Waals surface area (Å²) in [6, 6.07) is 5.34. The molecule has 0 radical (unpaired) electrons. The first-order chi connectivity index (χ1) is 5.74. The predicted molar refractivity (Wildman–Crippen MR) is 53.9 cm³/mol. The summed E-state index contributed by atoms with van der Waals surface area (Å²) >= 11 is 3.26. The minimum absolute atomic E-state index is 0.258. The van der Waals surface area contributed by atoms with Gasteiger partial charge in [-0.05, 0) is 12.1 Å². The maximum atomic E-state index is 9.40. The van der Waals surface area contributed by atoms with E-state index in [1.54, 1.807) is 18.2 Å². The highest BCUT2D eigenvalue weighted by Crippen LogP contribution is 2.22. The molecule has 1 rings (SSSR count). The standard InChI is InChI=1S/C9H10BrNO/c10-8-4-3-7(2-1-5-11)9(12)6-8/h1-4,6,12H,5,11H2. The van der Waals surface area contributed by atoms with Crippen molar-refractivity contribution in [1.82, 2.24) is 0 Å². The Hall–Kier alpha value is -0.800. The molecule has 0 bridgehead atoms. The molecule has 2 nitrogen and oxygen atoms in total. The van der Waals surface area contributed by atoms with E-state index in [2.05, 4.69) is 15.9 Å². The normalized spacial score (nSPS) is 10.8.